The van der Waals surface area contributed by atoms with Crippen LogP contribution in [0.3, 0.4) is 0 Å². The molecule has 2 amide bonds. The van der Waals surface area contributed by atoms with Gasteiger partial charge in [-0.3, -0.25) is 19.3 Å². The van der Waals surface area contributed by atoms with E-state index in [1.165, 1.54) is 11.9 Å². The number of hydrogen-bond acceptors (Lipinski definition) is 5. The maximum atomic E-state index is 13.2. The number of para-hydroxylation sites is 1. The van der Waals surface area contributed by atoms with Crippen LogP contribution in [0.1, 0.15) is 28.8 Å². The van der Waals surface area contributed by atoms with Gasteiger partial charge in [0.15, 0.2) is 5.78 Å². The standard InChI is InChI=1S/C24H21NO5/c1-3-29-14-10-8-13(9-11-14)16-12-17-21(26)15-6-4-5-7-18(15)30-22(17)20-19(16)23(27)25(2)24(20)28/h4-12,16,19-20,22H,3H2,1-2H3/t16-,19-,20-,22+/m1/s1. The van der Waals surface area contributed by atoms with Gasteiger partial charge in [-0.15, -0.1) is 0 Å². The maximum Gasteiger partial charge on any atom is 0.236 e. The maximum absolute atomic E-state index is 13.2. The summed E-state index contributed by atoms with van der Waals surface area (Å²) in [6.45, 7) is 2.47. The van der Waals surface area contributed by atoms with E-state index >= 15 is 0 Å². The fourth-order valence-corrected chi connectivity index (χ4v) is 4.79. The molecule has 3 aliphatic rings. The molecule has 1 aliphatic carbocycles. The normalized spacial score (nSPS) is 27.1. The summed E-state index contributed by atoms with van der Waals surface area (Å²) in [5.41, 5.74) is 1.79. The highest BCUT2D eigenvalue weighted by Crippen LogP contribution is 2.49. The topological polar surface area (TPSA) is 72.9 Å². The average Bonchev–Trinajstić information content (AvgIpc) is 2.99. The van der Waals surface area contributed by atoms with Crippen LogP contribution in [0.15, 0.2) is 60.2 Å². The number of rotatable bonds is 3. The summed E-state index contributed by atoms with van der Waals surface area (Å²) >= 11 is 0. The van der Waals surface area contributed by atoms with Gasteiger partial charge in [-0.25, -0.2) is 0 Å². The molecule has 30 heavy (non-hydrogen) atoms. The van der Waals surface area contributed by atoms with Gasteiger partial charge < -0.3 is 9.47 Å². The Hall–Kier alpha value is -3.41. The van der Waals surface area contributed by atoms with E-state index < -0.39 is 23.9 Å². The fourth-order valence-electron chi connectivity index (χ4n) is 4.79. The molecule has 2 aromatic rings. The Balaban J connectivity index is 1.64. The summed E-state index contributed by atoms with van der Waals surface area (Å²) in [5.74, 6) is -1.22. The molecule has 2 heterocycles. The molecule has 2 aromatic carbocycles. The first-order valence-electron chi connectivity index (χ1n) is 10.1. The van der Waals surface area contributed by atoms with Crippen LogP contribution in [0.4, 0.5) is 0 Å². The van der Waals surface area contributed by atoms with Gasteiger partial charge in [0.1, 0.15) is 17.6 Å². The van der Waals surface area contributed by atoms with E-state index in [9.17, 15) is 14.4 Å². The highest BCUT2D eigenvalue weighted by atomic mass is 16.5. The minimum Gasteiger partial charge on any atom is -0.494 e. The highest BCUT2D eigenvalue weighted by molar-refractivity contribution is 6.15. The first-order chi connectivity index (χ1) is 14.5. The number of imide groups is 1. The van der Waals surface area contributed by atoms with E-state index in [1.54, 1.807) is 24.3 Å². The lowest BCUT2D eigenvalue weighted by Crippen LogP contribution is -2.46. The molecule has 6 heteroatoms. The van der Waals surface area contributed by atoms with Crippen LogP contribution in [-0.4, -0.2) is 42.3 Å². The summed E-state index contributed by atoms with van der Waals surface area (Å²) in [6.07, 6.45) is 1.07. The number of carbonyl (C=O) groups excluding carboxylic acids is 3. The number of benzene rings is 2. The Morgan fingerprint density at radius 3 is 2.40 bits per heavy atom. The van der Waals surface area contributed by atoms with Crippen molar-refractivity contribution in [1.29, 1.82) is 0 Å². The monoisotopic (exact) mass is 403 g/mol. The summed E-state index contributed by atoms with van der Waals surface area (Å²) < 4.78 is 11.6. The Kier molecular flexibility index (Phi) is 4.24. The van der Waals surface area contributed by atoms with E-state index in [-0.39, 0.29) is 17.6 Å². The van der Waals surface area contributed by atoms with E-state index in [2.05, 4.69) is 0 Å². The first-order valence-corrected chi connectivity index (χ1v) is 10.1. The number of ketones is 1. The second-order valence-electron chi connectivity index (χ2n) is 7.80. The minimum atomic E-state index is -0.752. The van der Waals surface area contributed by atoms with Crippen LogP contribution in [0, 0.1) is 11.8 Å². The van der Waals surface area contributed by atoms with Crippen molar-refractivity contribution in [3.8, 4) is 11.5 Å². The first kappa shape index (κ1) is 18.6. The third-order valence-corrected chi connectivity index (χ3v) is 6.22. The van der Waals surface area contributed by atoms with Gasteiger partial charge in [0.05, 0.1) is 24.0 Å². The van der Waals surface area contributed by atoms with Crippen LogP contribution < -0.4 is 9.47 Å². The molecule has 0 aromatic heterocycles. The second-order valence-corrected chi connectivity index (χ2v) is 7.80. The van der Waals surface area contributed by atoms with Gasteiger partial charge in [-0.1, -0.05) is 30.3 Å². The Labute approximate surface area is 174 Å². The minimum absolute atomic E-state index is 0.147. The van der Waals surface area contributed by atoms with Crippen LogP contribution in [0.25, 0.3) is 0 Å². The van der Waals surface area contributed by atoms with E-state index in [0.717, 1.165) is 11.3 Å². The zero-order valence-electron chi connectivity index (χ0n) is 16.7. The lowest BCUT2D eigenvalue weighted by atomic mass is 9.68. The summed E-state index contributed by atoms with van der Waals surface area (Å²) in [5, 5.41) is 0. The largest absolute Gasteiger partial charge is 0.494 e. The Bertz CT molecular complexity index is 1090. The van der Waals surface area contributed by atoms with E-state index in [4.69, 9.17) is 9.47 Å². The SMILES string of the molecule is CCOc1ccc([C@H]2C=C3C(=O)c4ccccc4O[C@@H]3[C@@H]3C(=O)N(C)C(=O)[C@@H]32)cc1. The molecule has 1 saturated heterocycles. The van der Waals surface area contributed by atoms with Crippen molar-refractivity contribution in [3.05, 3.63) is 71.3 Å². The molecule has 152 valence electrons. The van der Waals surface area contributed by atoms with Crippen LogP contribution in [0.5, 0.6) is 11.5 Å². The molecule has 0 spiro atoms. The molecular formula is C24H21NO5. The third kappa shape index (κ3) is 2.60. The third-order valence-electron chi connectivity index (χ3n) is 6.22. The summed E-state index contributed by atoms with van der Waals surface area (Å²) in [6, 6.07) is 14.5. The van der Waals surface area contributed by atoms with Crippen molar-refractivity contribution in [3.63, 3.8) is 0 Å². The summed E-state index contributed by atoms with van der Waals surface area (Å²) in [4.78, 5) is 40.4. The number of likely N-dealkylation sites (tertiary alicyclic amines) is 1. The van der Waals surface area contributed by atoms with Crippen molar-refractivity contribution in [2.45, 2.75) is 18.9 Å². The van der Waals surface area contributed by atoms with Crippen molar-refractivity contribution in [2.75, 3.05) is 13.7 Å². The zero-order chi connectivity index (χ0) is 21.0. The molecule has 0 unspecified atom stereocenters. The van der Waals surface area contributed by atoms with Crippen molar-refractivity contribution in [2.24, 2.45) is 11.8 Å². The number of hydrogen-bond donors (Lipinski definition) is 0. The fraction of sp³-hybridized carbons (Fsp3) is 0.292. The van der Waals surface area contributed by atoms with Crippen LogP contribution >= 0.6 is 0 Å². The lowest BCUT2D eigenvalue weighted by Gasteiger charge is -2.38. The van der Waals surface area contributed by atoms with E-state index in [1.807, 2.05) is 37.3 Å². The predicted molar refractivity (Wildman–Crippen MR) is 108 cm³/mol. The number of allylic oxidation sites excluding steroid dienone is 1. The quantitative estimate of drug-likeness (QED) is 0.737. The molecule has 2 aliphatic heterocycles. The molecule has 0 N–H and O–H groups in total. The van der Waals surface area contributed by atoms with Gasteiger partial charge in [0, 0.05) is 18.5 Å². The number of fused-ring (bicyclic) bond motifs is 4. The van der Waals surface area contributed by atoms with Gasteiger partial charge in [-0.2, -0.15) is 0 Å². The number of ether oxygens (including phenoxy) is 2. The van der Waals surface area contributed by atoms with Gasteiger partial charge in [0.25, 0.3) is 0 Å². The smallest absolute Gasteiger partial charge is 0.236 e. The molecule has 0 radical (unpaired) electrons. The molecular weight excluding hydrogens is 382 g/mol. The number of amides is 2. The molecule has 0 saturated carbocycles. The van der Waals surface area contributed by atoms with Crippen LogP contribution in [-0.2, 0) is 9.59 Å². The Morgan fingerprint density at radius 1 is 0.967 bits per heavy atom. The van der Waals surface area contributed by atoms with Gasteiger partial charge in [-0.05, 0) is 36.8 Å². The number of carbonyl (C=O) groups is 3. The average molecular weight is 403 g/mol. The van der Waals surface area contributed by atoms with Crippen LogP contribution in [0.2, 0.25) is 0 Å². The number of Topliss-reactive ketones (excluding diaryl/α,β-unsaturated/α-hetero) is 1. The summed E-state index contributed by atoms with van der Waals surface area (Å²) in [7, 11) is 1.50. The second kappa shape index (κ2) is 6.83. The van der Waals surface area contributed by atoms with Crippen molar-refractivity contribution >= 4 is 17.6 Å². The van der Waals surface area contributed by atoms with Gasteiger partial charge in [0.2, 0.25) is 11.8 Å². The van der Waals surface area contributed by atoms with Crippen molar-refractivity contribution in [1.82, 2.24) is 4.90 Å². The van der Waals surface area contributed by atoms with Crippen molar-refractivity contribution < 1.29 is 23.9 Å². The number of nitrogens with zero attached hydrogens (tertiary/aromatic N) is 1. The molecule has 4 atom stereocenters. The molecule has 5 rings (SSSR count). The Morgan fingerprint density at radius 2 is 1.67 bits per heavy atom. The highest BCUT2D eigenvalue weighted by Gasteiger charge is 2.58. The van der Waals surface area contributed by atoms with Gasteiger partial charge >= 0.3 is 0 Å². The zero-order valence-corrected chi connectivity index (χ0v) is 16.7. The lowest BCUT2D eigenvalue weighted by molar-refractivity contribution is -0.138. The predicted octanol–water partition coefficient (Wildman–Crippen LogP) is 2.98. The van der Waals surface area contributed by atoms with E-state index in [0.29, 0.717) is 23.5 Å². The molecule has 1 fully saturated rings. The molecule has 6 nitrogen and oxygen atoms in total. The molecule has 0 bridgehead atoms.